The van der Waals surface area contributed by atoms with Crippen molar-refractivity contribution < 1.29 is 4.39 Å². The smallest absolute Gasteiger partial charge is 0.132 e. The molecule has 27 heavy (non-hydrogen) atoms. The van der Waals surface area contributed by atoms with Crippen molar-refractivity contribution in [1.29, 1.82) is 0 Å². The minimum absolute atomic E-state index is 0.226. The Morgan fingerprint density at radius 2 is 1.74 bits per heavy atom. The topological polar surface area (TPSA) is 24.3 Å². The van der Waals surface area contributed by atoms with Crippen LogP contribution in [0.15, 0.2) is 60.8 Å². The van der Waals surface area contributed by atoms with Gasteiger partial charge in [0.2, 0.25) is 0 Å². The zero-order valence-electron chi connectivity index (χ0n) is 15.8. The third kappa shape index (κ3) is 3.80. The number of aromatic nitrogens is 2. The average molecular weight is 364 g/mol. The lowest BCUT2D eigenvalue weighted by atomic mass is 10.0. The van der Waals surface area contributed by atoms with Gasteiger partial charge in [-0.3, -0.25) is 9.58 Å². The highest BCUT2D eigenvalue weighted by Crippen LogP contribution is 2.30. The van der Waals surface area contributed by atoms with Crippen LogP contribution in [0.2, 0.25) is 0 Å². The molecule has 0 radical (unpaired) electrons. The first-order chi connectivity index (χ1) is 13.1. The number of likely N-dealkylation sites (N-methyl/N-ethyl adjacent to an activating group) is 1. The van der Waals surface area contributed by atoms with Crippen molar-refractivity contribution in [2.24, 2.45) is 7.05 Å². The molecule has 0 unspecified atom stereocenters. The van der Waals surface area contributed by atoms with E-state index in [1.54, 1.807) is 16.8 Å². The zero-order chi connectivity index (χ0) is 18.8. The molecule has 2 aromatic carbocycles. The molecular weight excluding hydrogens is 339 g/mol. The molecule has 0 spiro atoms. The average Bonchev–Trinajstić information content (AvgIpc) is 3.04. The molecule has 1 aliphatic heterocycles. The van der Waals surface area contributed by atoms with Crippen LogP contribution in [0, 0.1) is 5.82 Å². The quantitative estimate of drug-likeness (QED) is 0.705. The van der Waals surface area contributed by atoms with Crippen LogP contribution in [0.25, 0.3) is 11.3 Å². The van der Waals surface area contributed by atoms with E-state index in [1.807, 2.05) is 19.3 Å². The van der Waals surface area contributed by atoms with E-state index in [2.05, 4.69) is 52.3 Å². The molecule has 1 saturated heterocycles. The van der Waals surface area contributed by atoms with Gasteiger partial charge in [-0.15, -0.1) is 0 Å². The van der Waals surface area contributed by atoms with Gasteiger partial charge in [0.25, 0.3) is 0 Å². The van der Waals surface area contributed by atoms with Crippen molar-refractivity contribution in [3.05, 3.63) is 77.7 Å². The van der Waals surface area contributed by atoms with Gasteiger partial charge in [0.1, 0.15) is 5.82 Å². The second-order valence-corrected chi connectivity index (χ2v) is 7.32. The Hall–Kier alpha value is -2.50. The molecule has 2 heterocycles. The molecule has 140 valence electrons. The minimum Gasteiger partial charge on any atom is -0.303 e. The molecule has 5 heteroatoms. The highest BCUT2D eigenvalue weighted by molar-refractivity contribution is 5.63. The lowest BCUT2D eigenvalue weighted by Crippen LogP contribution is -2.46. The van der Waals surface area contributed by atoms with Crippen molar-refractivity contribution in [2.45, 2.75) is 12.6 Å². The van der Waals surface area contributed by atoms with Gasteiger partial charge in [-0.1, -0.05) is 42.5 Å². The van der Waals surface area contributed by atoms with Gasteiger partial charge in [-0.2, -0.15) is 5.10 Å². The van der Waals surface area contributed by atoms with Gasteiger partial charge in [0.05, 0.1) is 5.69 Å². The van der Waals surface area contributed by atoms with Crippen LogP contribution < -0.4 is 0 Å². The summed E-state index contributed by atoms with van der Waals surface area (Å²) in [5.41, 5.74) is 3.69. The second-order valence-electron chi connectivity index (χ2n) is 7.32. The monoisotopic (exact) mass is 364 g/mol. The molecule has 1 aliphatic rings. The van der Waals surface area contributed by atoms with E-state index < -0.39 is 0 Å². The summed E-state index contributed by atoms with van der Waals surface area (Å²) in [5.74, 6) is -0.226. The normalized spacial score (nSPS) is 18.7. The predicted octanol–water partition coefficient (Wildman–Crippen LogP) is 3.71. The fourth-order valence-corrected chi connectivity index (χ4v) is 3.89. The van der Waals surface area contributed by atoms with Gasteiger partial charge in [-0.05, 0) is 24.7 Å². The van der Waals surface area contributed by atoms with Gasteiger partial charge < -0.3 is 4.90 Å². The van der Waals surface area contributed by atoms with Crippen molar-refractivity contribution in [3.8, 4) is 11.3 Å². The maximum Gasteiger partial charge on any atom is 0.132 e. The summed E-state index contributed by atoms with van der Waals surface area (Å²) in [6.45, 7) is 3.74. The van der Waals surface area contributed by atoms with E-state index in [4.69, 9.17) is 0 Å². The number of rotatable bonds is 4. The maximum atomic E-state index is 14.4. The predicted molar refractivity (Wildman–Crippen MR) is 106 cm³/mol. The Morgan fingerprint density at radius 3 is 2.52 bits per heavy atom. The first-order valence-electron chi connectivity index (χ1n) is 9.37. The Kier molecular flexibility index (Phi) is 5.05. The number of nitrogens with zero attached hydrogens (tertiary/aromatic N) is 4. The summed E-state index contributed by atoms with van der Waals surface area (Å²) in [5, 5.41) is 4.56. The largest absolute Gasteiger partial charge is 0.303 e. The molecule has 4 rings (SSSR count). The fourth-order valence-electron chi connectivity index (χ4n) is 3.89. The molecule has 1 fully saturated rings. The van der Waals surface area contributed by atoms with Gasteiger partial charge in [0.15, 0.2) is 0 Å². The summed E-state index contributed by atoms with van der Waals surface area (Å²) in [4.78, 5) is 4.85. The molecule has 0 saturated carbocycles. The van der Waals surface area contributed by atoms with Crippen molar-refractivity contribution in [1.82, 2.24) is 19.6 Å². The summed E-state index contributed by atoms with van der Waals surface area (Å²) in [6.07, 6.45) is 2.02. The first kappa shape index (κ1) is 17.9. The number of hydrogen-bond acceptors (Lipinski definition) is 3. The Labute approximate surface area is 159 Å². The summed E-state index contributed by atoms with van der Waals surface area (Å²) in [7, 11) is 4.06. The number of benzene rings is 2. The van der Waals surface area contributed by atoms with E-state index in [0.29, 0.717) is 11.6 Å². The summed E-state index contributed by atoms with van der Waals surface area (Å²) in [6, 6.07) is 17.8. The third-order valence-corrected chi connectivity index (χ3v) is 5.29. The second kappa shape index (κ2) is 7.62. The third-order valence-electron chi connectivity index (χ3n) is 5.29. The zero-order valence-corrected chi connectivity index (χ0v) is 15.8. The Morgan fingerprint density at radius 1 is 1.00 bits per heavy atom. The molecule has 4 nitrogen and oxygen atoms in total. The molecule has 0 aliphatic carbocycles. The lowest BCUT2D eigenvalue weighted by molar-refractivity contribution is 0.0835. The highest BCUT2D eigenvalue weighted by atomic mass is 19.1. The van der Waals surface area contributed by atoms with Crippen LogP contribution in [0.3, 0.4) is 0 Å². The molecule has 3 aromatic rings. The van der Waals surface area contributed by atoms with E-state index in [0.717, 1.165) is 37.4 Å². The number of hydrogen-bond donors (Lipinski definition) is 0. The van der Waals surface area contributed by atoms with E-state index in [1.165, 1.54) is 11.6 Å². The Bertz CT molecular complexity index is 906. The van der Waals surface area contributed by atoms with Crippen LogP contribution >= 0.6 is 0 Å². The van der Waals surface area contributed by atoms with Gasteiger partial charge in [0, 0.05) is 56.6 Å². The molecule has 1 atom stereocenters. The lowest BCUT2D eigenvalue weighted by Gasteiger charge is -2.40. The molecule has 0 N–H and O–H groups in total. The highest BCUT2D eigenvalue weighted by Gasteiger charge is 2.28. The van der Waals surface area contributed by atoms with Crippen LogP contribution in [0.5, 0.6) is 0 Å². The summed E-state index contributed by atoms with van der Waals surface area (Å²) < 4.78 is 16.1. The fraction of sp³-hybridized carbons (Fsp3) is 0.318. The first-order valence-corrected chi connectivity index (χ1v) is 9.37. The van der Waals surface area contributed by atoms with Gasteiger partial charge in [-0.25, -0.2) is 4.39 Å². The van der Waals surface area contributed by atoms with Crippen LogP contribution in [0.1, 0.15) is 17.2 Å². The van der Waals surface area contributed by atoms with Crippen molar-refractivity contribution >= 4 is 0 Å². The SMILES string of the molecule is CN1CCN(Cc2cn(C)nc2-c2ccccc2F)[C@@H](c2ccccc2)C1. The maximum absolute atomic E-state index is 14.4. The van der Waals surface area contributed by atoms with E-state index >= 15 is 0 Å². The van der Waals surface area contributed by atoms with Gasteiger partial charge >= 0.3 is 0 Å². The van der Waals surface area contributed by atoms with Crippen molar-refractivity contribution in [2.75, 3.05) is 26.7 Å². The molecule has 0 amide bonds. The van der Waals surface area contributed by atoms with Crippen LogP contribution in [-0.4, -0.2) is 46.3 Å². The molecule has 1 aromatic heterocycles. The van der Waals surface area contributed by atoms with E-state index in [9.17, 15) is 4.39 Å². The van der Waals surface area contributed by atoms with Crippen molar-refractivity contribution in [3.63, 3.8) is 0 Å². The number of halogens is 1. The summed E-state index contributed by atoms with van der Waals surface area (Å²) >= 11 is 0. The van der Waals surface area contributed by atoms with E-state index in [-0.39, 0.29) is 5.82 Å². The minimum atomic E-state index is -0.226. The Balaban J connectivity index is 1.66. The number of aryl methyl sites for hydroxylation is 1. The van der Waals surface area contributed by atoms with Crippen LogP contribution in [-0.2, 0) is 13.6 Å². The molecular formula is C22H25FN4. The molecule has 0 bridgehead atoms. The van der Waals surface area contributed by atoms with Crippen LogP contribution in [0.4, 0.5) is 4.39 Å². The number of piperazine rings is 1. The standard InChI is InChI=1S/C22H25FN4/c1-25-12-13-27(21(16-25)17-8-4-3-5-9-17)15-18-14-26(2)24-22(18)19-10-6-7-11-20(19)23/h3-11,14,21H,12-13,15-16H2,1-2H3/t21-/m1/s1.